The van der Waals surface area contributed by atoms with Gasteiger partial charge in [-0.3, -0.25) is 4.79 Å². The number of hydrogen-bond acceptors (Lipinski definition) is 7. The molecule has 4 aliphatic rings. The Morgan fingerprint density at radius 2 is 1.76 bits per heavy atom. The van der Waals surface area contributed by atoms with E-state index >= 15 is 0 Å². The molecular weight excluding hydrogens is 517 g/mol. The van der Waals surface area contributed by atoms with Gasteiger partial charge in [0.05, 0.1) is 22.0 Å². The molecule has 208 valence electrons. The topological polar surface area (TPSA) is 124 Å². The minimum absolute atomic E-state index is 0. The van der Waals surface area contributed by atoms with Crippen LogP contribution in [0.4, 0.5) is 8.78 Å². The van der Waals surface area contributed by atoms with Gasteiger partial charge in [0.15, 0.2) is 0 Å². The molecule has 0 radical (unpaired) electrons. The van der Waals surface area contributed by atoms with Gasteiger partial charge in [0.2, 0.25) is 0 Å². The quantitative estimate of drug-likeness (QED) is 0.268. The molecule has 4 rings (SSSR count). The monoisotopic (exact) mass is 558 g/mol. The Kier molecular flexibility index (Phi) is 9.60. The second kappa shape index (κ2) is 11.2. The Balaban J connectivity index is 0.00000380. The second-order valence-electron chi connectivity index (χ2n) is 12.7. The summed E-state index contributed by atoms with van der Waals surface area (Å²) in [5.41, 5.74) is -0.652. The Labute approximate surface area is 241 Å². The van der Waals surface area contributed by atoms with Crippen LogP contribution in [0.3, 0.4) is 0 Å². The standard InChI is InChI=1S/C26H42F2O7S.Na/c1-15(4-7-22(31)35-10-11-36(32,33)34)17-5-6-18-23-19(8-9-24(17,18)2)25(3)14-26(27,28)21(30)13-16(25)12-20(23)29;/h15-21,23,29-30H,4-14H2,1-3H3,(H,32,33,34);/q;+1/p-1/t15-,16-,17-,18?,19?,20+,21-,23?,24-,25+;/m1./s1. The van der Waals surface area contributed by atoms with E-state index in [4.69, 9.17) is 4.74 Å². The van der Waals surface area contributed by atoms with Crippen LogP contribution in [-0.4, -0.2) is 59.6 Å². The van der Waals surface area contributed by atoms with Crippen molar-refractivity contribution in [3.05, 3.63) is 0 Å². The van der Waals surface area contributed by atoms with Crippen LogP contribution in [0.2, 0.25) is 0 Å². The molecule has 4 fully saturated rings. The molecule has 11 heteroatoms. The van der Waals surface area contributed by atoms with Gasteiger partial charge in [-0.05, 0) is 91.3 Å². The molecular formula is C26H41F2NaO7S. The minimum Gasteiger partial charge on any atom is -0.748 e. The molecule has 0 aromatic carbocycles. The predicted molar refractivity (Wildman–Crippen MR) is 127 cm³/mol. The summed E-state index contributed by atoms with van der Waals surface area (Å²) < 4.78 is 66.3. The maximum atomic E-state index is 14.7. The summed E-state index contributed by atoms with van der Waals surface area (Å²) >= 11 is 0. The number of halogens is 2. The zero-order valence-electron chi connectivity index (χ0n) is 22.5. The van der Waals surface area contributed by atoms with Crippen molar-refractivity contribution in [1.82, 2.24) is 0 Å². The number of fused-ring (bicyclic) bond motifs is 5. The van der Waals surface area contributed by atoms with Gasteiger partial charge in [0.1, 0.15) is 12.7 Å². The first kappa shape index (κ1) is 31.7. The fourth-order valence-electron chi connectivity index (χ4n) is 9.08. The summed E-state index contributed by atoms with van der Waals surface area (Å²) in [5.74, 6) is -3.73. The molecule has 2 N–H and O–H groups in total. The molecule has 0 aromatic rings. The molecule has 0 saturated heterocycles. The number of carbonyl (C=O) groups excluding carboxylic acids is 1. The number of rotatable bonds is 7. The molecule has 3 unspecified atom stereocenters. The van der Waals surface area contributed by atoms with Crippen LogP contribution < -0.4 is 29.6 Å². The molecule has 0 amide bonds. The average molecular weight is 559 g/mol. The molecule has 0 spiro atoms. The van der Waals surface area contributed by atoms with Crippen molar-refractivity contribution in [2.45, 2.75) is 96.7 Å². The predicted octanol–water partition coefficient (Wildman–Crippen LogP) is 0.731. The molecule has 4 saturated carbocycles. The third-order valence-corrected chi connectivity index (χ3v) is 11.5. The van der Waals surface area contributed by atoms with E-state index in [1.165, 1.54) is 0 Å². The Morgan fingerprint density at radius 1 is 1.11 bits per heavy atom. The molecule has 0 aromatic heterocycles. The molecule has 0 heterocycles. The summed E-state index contributed by atoms with van der Waals surface area (Å²) in [6, 6.07) is 0. The molecule has 4 aliphatic carbocycles. The molecule has 0 bridgehead atoms. The van der Waals surface area contributed by atoms with Crippen LogP contribution in [0.25, 0.3) is 0 Å². The minimum atomic E-state index is -4.42. The third kappa shape index (κ3) is 6.10. The van der Waals surface area contributed by atoms with E-state index in [2.05, 4.69) is 13.8 Å². The Hall–Kier alpha value is 0.160. The van der Waals surface area contributed by atoms with Gasteiger partial charge in [-0.1, -0.05) is 20.8 Å². The van der Waals surface area contributed by atoms with Crippen molar-refractivity contribution in [3.8, 4) is 0 Å². The van der Waals surface area contributed by atoms with Gasteiger partial charge in [-0.2, -0.15) is 0 Å². The molecule has 0 aliphatic heterocycles. The number of hydrogen-bond donors (Lipinski definition) is 2. The third-order valence-electron chi connectivity index (χ3n) is 10.9. The Morgan fingerprint density at radius 3 is 2.41 bits per heavy atom. The fourth-order valence-corrected chi connectivity index (χ4v) is 9.37. The zero-order chi connectivity index (χ0) is 26.7. The normalized spacial score (nSPS) is 43.5. The number of carbonyl (C=O) groups is 1. The number of alkyl halides is 2. The van der Waals surface area contributed by atoms with E-state index in [1.807, 2.05) is 6.92 Å². The summed E-state index contributed by atoms with van der Waals surface area (Å²) in [6.07, 6.45) is 2.26. The first-order valence-electron chi connectivity index (χ1n) is 13.4. The number of aliphatic hydroxyl groups excluding tert-OH is 2. The average Bonchev–Trinajstić information content (AvgIpc) is 3.10. The van der Waals surface area contributed by atoms with Gasteiger partial charge in [-0.15, -0.1) is 0 Å². The molecule has 37 heavy (non-hydrogen) atoms. The fraction of sp³-hybridized carbons (Fsp3) is 0.962. The van der Waals surface area contributed by atoms with Gasteiger partial charge in [0.25, 0.3) is 5.92 Å². The van der Waals surface area contributed by atoms with E-state index in [-0.39, 0.29) is 83.8 Å². The number of esters is 1. The van der Waals surface area contributed by atoms with Crippen molar-refractivity contribution < 1.29 is 71.1 Å². The molecule has 7 nitrogen and oxygen atoms in total. The smallest absolute Gasteiger partial charge is 0.748 e. The largest absolute Gasteiger partial charge is 1.00 e. The van der Waals surface area contributed by atoms with Crippen LogP contribution >= 0.6 is 0 Å². The Bertz CT molecular complexity index is 949. The second-order valence-corrected chi connectivity index (χ2v) is 14.2. The van der Waals surface area contributed by atoms with Gasteiger partial charge >= 0.3 is 35.5 Å². The summed E-state index contributed by atoms with van der Waals surface area (Å²) in [7, 11) is -4.42. The van der Waals surface area contributed by atoms with E-state index in [0.29, 0.717) is 18.8 Å². The van der Waals surface area contributed by atoms with Gasteiger partial charge < -0.3 is 19.5 Å². The zero-order valence-corrected chi connectivity index (χ0v) is 25.3. The first-order valence-corrected chi connectivity index (χ1v) is 15.0. The van der Waals surface area contributed by atoms with E-state index in [1.54, 1.807) is 0 Å². The maximum absolute atomic E-state index is 14.7. The van der Waals surface area contributed by atoms with Crippen molar-refractivity contribution in [2.24, 2.45) is 46.3 Å². The van der Waals surface area contributed by atoms with Crippen LogP contribution in [0.15, 0.2) is 0 Å². The van der Waals surface area contributed by atoms with Gasteiger partial charge in [-0.25, -0.2) is 17.2 Å². The number of aliphatic hydroxyl groups is 2. The number of ether oxygens (including phenoxy) is 1. The van der Waals surface area contributed by atoms with Crippen LogP contribution in [-0.2, 0) is 19.6 Å². The van der Waals surface area contributed by atoms with E-state index in [9.17, 15) is 36.8 Å². The van der Waals surface area contributed by atoms with Crippen LogP contribution in [0.1, 0.15) is 78.6 Å². The van der Waals surface area contributed by atoms with E-state index in [0.717, 1.165) is 25.7 Å². The molecule has 10 atom stereocenters. The van der Waals surface area contributed by atoms with Crippen LogP contribution in [0.5, 0.6) is 0 Å². The van der Waals surface area contributed by atoms with Crippen molar-refractivity contribution in [2.75, 3.05) is 12.4 Å². The van der Waals surface area contributed by atoms with Crippen molar-refractivity contribution in [3.63, 3.8) is 0 Å². The van der Waals surface area contributed by atoms with E-state index < -0.39 is 52.0 Å². The van der Waals surface area contributed by atoms with Gasteiger partial charge in [0, 0.05) is 12.8 Å². The van der Waals surface area contributed by atoms with Crippen molar-refractivity contribution >= 4 is 16.1 Å². The summed E-state index contributed by atoms with van der Waals surface area (Å²) in [6.45, 7) is 5.90. The first-order chi connectivity index (χ1) is 16.6. The maximum Gasteiger partial charge on any atom is 1.00 e. The summed E-state index contributed by atoms with van der Waals surface area (Å²) in [4.78, 5) is 12.1. The van der Waals surface area contributed by atoms with Crippen molar-refractivity contribution in [1.29, 1.82) is 0 Å². The summed E-state index contributed by atoms with van der Waals surface area (Å²) in [5, 5.41) is 21.3. The van der Waals surface area contributed by atoms with Crippen LogP contribution in [0, 0.1) is 46.3 Å². The SMILES string of the molecule is C[C@H](CCC(=O)OCCS(=O)(=O)[O-])[C@H]1CCC2C3C(CC[C@@]21C)[C@@]1(C)CC(F)(F)[C@H](O)C[C@H]1C[C@@H]3O.[Na+].